The summed E-state index contributed by atoms with van der Waals surface area (Å²) in [5, 5.41) is 0.923. The second-order valence-electron chi connectivity index (χ2n) is 17.6. The van der Waals surface area contributed by atoms with Crippen LogP contribution in [0.2, 0.25) is 0 Å². The van der Waals surface area contributed by atoms with Crippen molar-refractivity contribution in [2.45, 2.75) is 73.1 Å². The highest BCUT2D eigenvalue weighted by molar-refractivity contribution is 5.89. The molecule has 0 unspecified atom stereocenters. The Morgan fingerprint density at radius 1 is 0.738 bits per heavy atom. The number of rotatable bonds is 9. The Hall–Kier alpha value is -7.03. The molecule has 2 aliphatic heterocycles. The molecule has 0 radical (unpaired) electrons. The molecule has 0 saturated carbocycles. The number of terminal acetylenes is 5. The normalized spacial score (nSPS) is 15.3. The average Bonchev–Trinajstić information content (AvgIpc) is 3.23. The Balaban J connectivity index is 1.53. The molecule has 6 rings (SSSR count). The van der Waals surface area contributed by atoms with Gasteiger partial charge in [0.05, 0.1) is 19.2 Å². The van der Waals surface area contributed by atoms with Crippen molar-refractivity contribution in [3.8, 4) is 78.8 Å². The number of nitrogens with zero attached hydrogens (tertiary/aromatic N) is 2. The number of hydrogen-bond donors (Lipinski definition) is 0. The monoisotopic (exact) mass is 799 g/mol. The fraction of sp³-hybridized carbons (Fsp3) is 0.281. The highest BCUT2D eigenvalue weighted by Crippen LogP contribution is 2.44. The smallest absolute Gasteiger partial charge is 0.205 e. The maximum Gasteiger partial charge on any atom is 0.205 e. The fourth-order valence-corrected chi connectivity index (χ4v) is 7.75. The second-order valence-corrected chi connectivity index (χ2v) is 17.6. The zero-order valence-electron chi connectivity index (χ0n) is 36.7. The predicted molar refractivity (Wildman–Crippen MR) is 256 cm³/mol. The van der Waals surface area contributed by atoms with Crippen molar-refractivity contribution in [1.82, 2.24) is 4.58 Å². The molecule has 61 heavy (non-hydrogen) atoms. The molecule has 2 heterocycles. The Morgan fingerprint density at radius 3 is 2.08 bits per heavy atom. The van der Waals surface area contributed by atoms with Gasteiger partial charge in [-0.3, -0.25) is 0 Å². The maximum absolute atomic E-state index is 6.59. The van der Waals surface area contributed by atoms with Crippen LogP contribution in [0, 0.1) is 74.1 Å². The van der Waals surface area contributed by atoms with Gasteiger partial charge < -0.3 is 14.1 Å². The molecule has 2 aliphatic carbocycles. The van der Waals surface area contributed by atoms with Gasteiger partial charge in [-0.05, 0) is 119 Å². The van der Waals surface area contributed by atoms with Crippen molar-refractivity contribution in [3.63, 3.8) is 0 Å². The third kappa shape index (κ3) is 9.89. The topological polar surface area (TPSA) is 28.6 Å². The summed E-state index contributed by atoms with van der Waals surface area (Å²) in [4.78, 5) is 2.00. The lowest BCUT2D eigenvalue weighted by molar-refractivity contribution is 0.291. The third-order valence-electron chi connectivity index (χ3n) is 11.0. The average molecular weight is 800 g/mol. The maximum atomic E-state index is 6.59. The number of fused-ring (bicyclic) bond motifs is 2. The molecule has 2 aromatic carbocycles. The molecule has 0 fully saturated rings. The van der Waals surface area contributed by atoms with E-state index in [2.05, 4.69) is 151 Å². The van der Waals surface area contributed by atoms with E-state index < -0.39 is 0 Å². The summed E-state index contributed by atoms with van der Waals surface area (Å²) in [6.07, 6.45) is 42.8. The van der Waals surface area contributed by atoms with Crippen LogP contribution in [0.5, 0.6) is 5.75 Å². The van der Waals surface area contributed by atoms with E-state index in [9.17, 15) is 0 Å². The van der Waals surface area contributed by atoms with Gasteiger partial charge >= 0.3 is 0 Å². The molecule has 0 atom stereocenters. The summed E-state index contributed by atoms with van der Waals surface area (Å²) in [7, 11) is 0. The van der Waals surface area contributed by atoms with Gasteiger partial charge in [-0.15, -0.1) is 32.1 Å². The first-order valence-corrected chi connectivity index (χ1v) is 20.8. The summed E-state index contributed by atoms with van der Waals surface area (Å²) in [6.45, 7) is 16.7. The summed E-state index contributed by atoms with van der Waals surface area (Å²) >= 11 is 0. The van der Waals surface area contributed by atoms with Crippen LogP contribution in [-0.4, -0.2) is 26.2 Å². The molecule has 2 aromatic rings. The van der Waals surface area contributed by atoms with Gasteiger partial charge in [0.15, 0.2) is 0 Å². The minimum Gasteiger partial charge on any atom is -0.460 e. The Labute approximate surface area is 364 Å². The molecule has 4 nitrogen and oxygen atoms in total. The second kappa shape index (κ2) is 18.5. The van der Waals surface area contributed by atoms with E-state index in [0.717, 1.165) is 86.7 Å². The van der Waals surface area contributed by atoms with Crippen LogP contribution in [0.4, 0.5) is 5.69 Å². The number of anilines is 1. The predicted octanol–water partition coefficient (Wildman–Crippen LogP) is 11.1. The van der Waals surface area contributed by atoms with Gasteiger partial charge in [0.25, 0.3) is 0 Å². The van der Waals surface area contributed by atoms with Gasteiger partial charge in [0.2, 0.25) is 18.4 Å². The molecule has 0 amide bonds. The molecule has 304 valence electrons. The number of ether oxygens (including phenoxy) is 1. The van der Waals surface area contributed by atoms with Gasteiger partial charge in [-0.2, -0.15) is 0 Å². The first-order valence-electron chi connectivity index (χ1n) is 20.8. The van der Waals surface area contributed by atoms with Gasteiger partial charge in [0, 0.05) is 45.3 Å². The van der Waals surface area contributed by atoms with Crippen LogP contribution in [-0.2, 0) is 5.41 Å². The van der Waals surface area contributed by atoms with Crippen molar-refractivity contribution in [3.05, 3.63) is 141 Å². The van der Waals surface area contributed by atoms with Crippen LogP contribution >= 0.6 is 0 Å². The van der Waals surface area contributed by atoms with Crippen molar-refractivity contribution < 1.29 is 9.15 Å². The van der Waals surface area contributed by atoms with Gasteiger partial charge in [-0.25, -0.2) is 4.58 Å². The molecule has 0 spiro atoms. The highest BCUT2D eigenvalue weighted by Gasteiger charge is 2.27. The van der Waals surface area contributed by atoms with Crippen molar-refractivity contribution in [2.24, 2.45) is 5.41 Å². The van der Waals surface area contributed by atoms with Crippen LogP contribution in [0.3, 0.4) is 0 Å². The summed E-state index contributed by atoms with van der Waals surface area (Å²) in [5.74, 6) is 17.1. The Morgan fingerprint density at radius 2 is 1.44 bits per heavy atom. The molecule has 4 heteroatoms. The molecule has 0 bridgehead atoms. The summed E-state index contributed by atoms with van der Waals surface area (Å²) in [5.41, 5.74) is 11.5. The SMILES string of the molecule is C#CCN(CC#C)c1ccc2c(c1)OC(C(C)(C)C)=C/C2=C\C=C1/CCCC(/C=C/c2cc(C(C)(C)C)oc3cc(=[N+](CC#C)CC#C)ccc2-3)=C1c1ccc(C#C)cc1C. The van der Waals surface area contributed by atoms with E-state index in [0.29, 0.717) is 26.2 Å². The molecular weight excluding hydrogens is 745 g/mol. The quantitative estimate of drug-likeness (QED) is 0.125. The standard InChI is InChI=1S/C57H55N2O2/c1-13-31-58(32-14-2)46-26-29-49-44(36-53(56(7,8)9)60-51(49)38-46)24-22-42-19-18-20-43(55(42)48-28-21-41(17-5)35-40(48)6)23-25-45-37-54(57(10,11)12)61-52-39-47(27-30-50(45)52)59(33-15-3)34-16-4/h1-5,21-30,35-39H,18-20,31-34H2,6-12H3/q+1. The summed E-state index contributed by atoms with van der Waals surface area (Å²) in [6, 6.07) is 20.9. The number of benzene rings is 3. The number of hydrogen-bond acceptors (Lipinski definition) is 3. The van der Waals surface area contributed by atoms with Crippen LogP contribution in [0.25, 0.3) is 28.5 Å². The van der Waals surface area contributed by atoms with Crippen LogP contribution < -0.4 is 19.6 Å². The summed E-state index contributed by atoms with van der Waals surface area (Å²) < 4.78 is 15.2. The lowest BCUT2D eigenvalue weighted by Gasteiger charge is -2.30. The van der Waals surface area contributed by atoms with Crippen LogP contribution in [0.15, 0.2) is 106 Å². The van der Waals surface area contributed by atoms with E-state index in [1.165, 1.54) is 22.3 Å². The Bertz CT molecular complexity index is 2740. The van der Waals surface area contributed by atoms with E-state index in [1.54, 1.807) is 0 Å². The van der Waals surface area contributed by atoms with E-state index in [1.807, 2.05) is 27.7 Å². The van der Waals surface area contributed by atoms with E-state index in [4.69, 9.17) is 41.3 Å². The molecule has 0 aromatic heterocycles. The molecular formula is C57H55N2O2+. The van der Waals surface area contributed by atoms with Crippen molar-refractivity contribution in [2.75, 3.05) is 31.1 Å². The zero-order chi connectivity index (χ0) is 43.9. The Kier molecular flexibility index (Phi) is 13.2. The highest BCUT2D eigenvalue weighted by atomic mass is 16.5. The lowest BCUT2D eigenvalue weighted by Crippen LogP contribution is -2.30. The number of allylic oxidation sites excluding steroid dienone is 9. The minimum absolute atomic E-state index is 0.229. The molecule has 0 N–H and O–H groups in total. The van der Waals surface area contributed by atoms with E-state index in [-0.39, 0.29) is 10.8 Å². The first-order chi connectivity index (χ1) is 29.2. The largest absolute Gasteiger partial charge is 0.460 e. The molecule has 4 aliphatic rings. The van der Waals surface area contributed by atoms with Crippen molar-refractivity contribution >= 4 is 22.9 Å². The fourth-order valence-electron chi connectivity index (χ4n) is 7.75. The molecule has 0 saturated heterocycles. The first kappa shape index (κ1) is 43.5. The third-order valence-corrected chi connectivity index (χ3v) is 11.0. The van der Waals surface area contributed by atoms with Crippen molar-refractivity contribution in [1.29, 1.82) is 0 Å². The lowest BCUT2D eigenvalue weighted by atomic mass is 9.80. The zero-order valence-corrected chi connectivity index (χ0v) is 36.7. The van der Waals surface area contributed by atoms with E-state index >= 15 is 0 Å². The van der Waals surface area contributed by atoms with Gasteiger partial charge in [-0.1, -0.05) is 89.7 Å². The van der Waals surface area contributed by atoms with Gasteiger partial charge in [0.1, 0.15) is 23.0 Å². The minimum atomic E-state index is -0.229. The number of aryl methyl sites for hydroxylation is 1. The van der Waals surface area contributed by atoms with Crippen LogP contribution in [0.1, 0.15) is 94.4 Å².